The zero-order valence-electron chi connectivity index (χ0n) is 14.6. The van der Waals surface area contributed by atoms with E-state index in [4.69, 9.17) is 24.8 Å². The van der Waals surface area contributed by atoms with Gasteiger partial charge in [-0.25, -0.2) is 4.39 Å². The number of halogens is 2. The molecule has 0 heterocycles. The second-order valence-electron chi connectivity index (χ2n) is 5.59. The summed E-state index contributed by atoms with van der Waals surface area (Å²) in [4.78, 5) is 0. The fourth-order valence-electron chi connectivity index (χ4n) is 2.28. The first-order valence-corrected chi connectivity index (χ1v) is 8.56. The highest BCUT2D eigenvalue weighted by Crippen LogP contribution is 2.19. The van der Waals surface area contributed by atoms with E-state index in [0.29, 0.717) is 6.61 Å². The van der Waals surface area contributed by atoms with Crippen LogP contribution in [0.2, 0.25) is 0 Å². The van der Waals surface area contributed by atoms with Gasteiger partial charge in [0.2, 0.25) is 0 Å². The Morgan fingerprint density at radius 2 is 1.44 bits per heavy atom. The molecule has 9 heteroatoms. The van der Waals surface area contributed by atoms with Crippen molar-refractivity contribution in [3.63, 3.8) is 0 Å². The average molecular weight is 359 g/mol. The van der Waals surface area contributed by atoms with Crippen LogP contribution in [-0.4, -0.2) is 41.5 Å². The van der Waals surface area contributed by atoms with Crippen molar-refractivity contribution in [2.75, 3.05) is 6.61 Å². The monoisotopic (exact) mass is 359 g/mol. The van der Waals surface area contributed by atoms with E-state index in [1.807, 2.05) is 0 Å². The van der Waals surface area contributed by atoms with Crippen molar-refractivity contribution in [1.29, 1.82) is 0 Å². The smallest absolute Gasteiger partial charge is 0.490 e. The van der Waals surface area contributed by atoms with Crippen molar-refractivity contribution in [1.82, 2.24) is 0 Å². The van der Waals surface area contributed by atoms with Crippen LogP contribution in [0.15, 0.2) is 12.1 Å². The molecule has 0 aromatic heterocycles. The van der Waals surface area contributed by atoms with Gasteiger partial charge in [-0.15, -0.1) is 0 Å². The molecule has 0 unspecified atom stereocenters. The van der Waals surface area contributed by atoms with Crippen molar-refractivity contribution in [2.45, 2.75) is 58.3 Å². The quantitative estimate of drug-likeness (QED) is 0.357. The number of unbranched alkanes of at least 4 members (excludes halogenated alkanes) is 7. The summed E-state index contributed by atoms with van der Waals surface area (Å²) in [6.07, 6.45) is 9.17. The van der Waals surface area contributed by atoms with Crippen LogP contribution in [0.4, 0.5) is 8.78 Å². The minimum absolute atomic E-state index is 0. The van der Waals surface area contributed by atoms with E-state index in [1.165, 1.54) is 38.2 Å². The van der Waals surface area contributed by atoms with Gasteiger partial charge in [0.1, 0.15) is 0 Å². The van der Waals surface area contributed by atoms with Gasteiger partial charge in [-0.3, -0.25) is 0 Å². The summed E-state index contributed by atoms with van der Waals surface area (Å²) in [5.41, 5.74) is -0.489. The number of rotatable bonds is 11. The molecule has 0 atom stereocenters. The number of hydrogen-bond donors (Lipinski definition) is 4. The summed E-state index contributed by atoms with van der Waals surface area (Å²) in [6.45, 7) is 2.51. The third-order valence-corrected chi connectivity index (χ3v) is 3.61. The molecule has 1 rings (SSSR count). The molecule has 1 aromatic rings. The van der Waals surface area contributed by atoms with Gasteiger partial charge in [0.15, 0.2) is 17.4 Å². The van der Waals surface area contributed by atoms with E-state index < -0.39 is 24.2 Å². The normalized spacial score (nSPS) is 10.0. The average Bonchev–Trinajstić information content (AvgIpc) is 2.57. The van der Waals surface area contributed by atoms with Crippen molar-refractivity contribution in [3.8, 4) is 5.75 Å². The number of ether oxygens (including phenoxy) is 1. The molecule has 0 saturated heterocycles. The molecule has 0 spiro atoms. The van der Waals surface area contributed by atoms with E-state index in [1.54, 1.807) is 0 Å². The minimum atomic E-state index is -2.03. The highest BCUT2D eigenvalue weighted by molar-refractivity contribution is 6.58. The van der Waals surface area contributed by atoms with E-state index in [2.05, 4.69) is 6.92 Å². The summed E-state index contributed by atoms with van der Waals surface area (Å²) in [6, 6.07) is 2.34. The largest absolute Gasteiger partial charge is 0.491 e. The summed E-state index contributed by atoms with van der Waals surface area (Å²) in [5, 5.41) is 31.8. The molecule has 0 fully saturated rings. The van der Waals surface area contributed by atoms with Gasteiger partial charge in [0.25, 0.3) is 0 Å². The lowest BCUT2D eigenvalue weighted by Gasteiger charge is -2.10. The zero-order chi connectivity index (χ0) is 19.1. The molecule has 1 radical (unpaired) electrons. The Balaban J connectivity index is 0.00000178. The molecule has 0 aliphatic heterocycles. The Labute approximate surface area is 149 Å². The van der Waals surface area contributed by atoms with Crippen LogP contribution in [0, 0.1) is 11.6 Å². The summed E-state index contributed by atoms with van der Waals surface area (Å²) < 4.78 is 32.4. The highest BCUT2D eigenvalue weighted by atomic mass is 19.2. The first-order chi connectivity index (χ1) is 12.0. The lowest BCUT2D eigenvalue weighted by Crippen LogP contribution is -2.33. The van der Waals surface area contributed by atoms with E-state index >= 15 is 0 Å². The first-order valence-electron chi connectivity index (χ1n) is 8.56. The van der Waals surface area contributed by atoms with Crippen molar-refractivity contribution >= 4 is 20.3 Å². The maximum absolute atomic E-state index is 13.6. The van der Waals surface area contributed by atoms with Crippen LogP contribution in [0.5, 0.6) is 5.75 Å². The maximum atomic E-state index is 13.6. The molecule has 0 saturated carbocycles. The predicted molar refractivity (Wildman–Crippen MR) is 94.5 cm³/mol. The second-order valence-corrected chi connectivity index (χ2v) is 5.59. The highest BCUT2D eigenvalue weighted by Gasteiger charge is 2.22. The Bertz CT molecular complexity index is 464. The van der Waals surface area contributed by atoms with Crippen LogP contribution in [0.25, 0.3) is 0 Å². The van der Waals surface area contributed by atoms with Crippen LogP contribution in [0.1, 0.15) is 58.3 Å². The SMILES string of the molecule is CCCCCCCCCCOc1ccc(B(O)O)c(F)c1F.O[B]O. The van der Waals surface area contributed by atoms with Gasteiger partial charge in [-0.2, -0.15) is 4.39 Å². The molecule has 1 aromatic carbocycles. The molecule has 0 bridgehead atoms. The molecule has 141 valence electrons. The lowest BCUT2D eigenvalue weighted by molar-refractivity contribution is 0.285. The van der Waals surface area contributed by atoms with Crippen molar-refractivity contribution < 1.29 is 33.6 Å². The Hall–Kier alpha value is -1.15. The molecule has 0 aliphatic carbocycles. The summed E-state index contributed by atoms with van der Waals surface area (Å²) in [5.74, 6) is -2.64. The lowest BCUT2D eigenvalue weighted by atomic mass is 9.80. The standard InChI is InChI=1S/C16H25BF2O3.BH2O2/c1-2-3-4-5-6-7-8-9-12-22-14-11-10-13(17(20)21)15(18)16(14)19;2-1-3/h10-11,20-21H,2-9,12H2,1H3;2-3H. The maximum Gasteiger partial charge on any atom is 0.491 e. The van der Waals surface area contributed by atoms with Gasteiger partial charge in [-0.1, -0.05) is 57.9 Å². The van der Waals surface area contributed by atoms with Crippen LogP contribution in [-0.2, 0) is 0 Å². The zero-order valence-corrected chi connectivity index (χ0v) is 14.6. The van der Waals surface area contributed by atoms with E-state index in [9.17, 15) is 8.78 Å². The van der Waals surface area contributed by atoms with Crippen LogP contribution < -0.4 is 10.2 Å². The number of benzene rings is 1. The molecule has 0 aliphatic rings. The third-order valence-electron chi connectivity index (χ3n) is 3.61. The topological polar surface area (TPSA) is 90.2 Å². The molecule has 5 nitrogen and oxygen atoms in total. The van der Waals surface area contributed by atoms with Gasteiger partial charge in [0.05, 0.1) is 6.61 Å². The van der Waals surface area contributed by atoms with Gasteiger partial charge in [0, 0.05) is 5.46 Å². The molecular formula is C16H27B2F2O5. The third kappa shape index (κ3) is 10.4. The fraction of sp³-hybridized carbons (Fsp3) is 0.625. The predicted octanol–water partition coefficient (Wildman–Crippen LogP) is 1.67. The molecule has 25 heavy (non-hydrogen) atoms. The van der Waals surface area contributed by atoms with E-state index in [0.717, 1.165) is 25.3 Å². The van der Waals surface area contributed by atoms with Crippen LogP contribution in [0.3, 0.4) is 0 Å². The van der Waals surface area contributed by atoms with Crippen molar-refractivity contribution in [2.24, 2.45) is 0 Å². The van der Waals surface area contributed by atoms with E-state index in [-0.39, 0.29) is 13.4 Å². The first kappa shape index (κ1) is 23.8. The molecular weight excluding hydrogens is 332 g/mol. The van der Waals surface area contributed by atoms with Gasteiger partial charge >= 0.3 is 14.8 Å². The van der Waals surface area contributed by atoms with Gasteiger partial charge < -0.3 is 24.8 Å². The molecule has 0 amide bonds. The minimum Gasteiger partial charge on any atom is -0.490 e. The Kier molecular flexibility index (Phi) is 14.4. The summed E-state index contributed by atoms with van der Waals surface area (Å²) >= 11 is 0. The Morgan fingerprint density at radius 1 is 0.920 bits per heavy atom. The second kappa shape index (κ2) is 15.1. The van der Waals surface area contributed by atoms with Crippen molar-refractivity contribution in [3.05, 3.63) is 23.8 Å². The number of hydrogen-bond acceptors (Lipinski definition) is 5. The summed E-state index contributed by atoms with van der Waals surface area (Å²) in [7, 11) is -2.03. The molecule has 4 N–H and O–H groups in total. The fourth-order valence-corrected chi connectivity index (χ4v) is 2.28. The van der Waals surface area contributed by atoms with Crippen LogP contribution >= 0.6 is 0 Å². The Morgan fingerprint density at radius 3 is 1.96 bits per heavy atom. The van der Waals surface area contributed by atoms with Gasteiger partial charge in [-0.05, 0) is 12.5 Å².